The molecule has 0 aliphatic rings. The van der Waals surface area contributed by atoms with Crippen molar-refractivity contribution in [2.45, 2.75) is 46.1 Å². The Labute approximate surface area is 123 Å². The quantitative estimate of drug-likeness (QED) is 0.632. The molecular weight excluding hydrogens is 250 g/mol. The zero-order chi connectivity index (χ0) is 14.6. The van der Waals surface area contributed by atoms with Gasteiger partial charge in [0.2, 0.25) is 0 Å². The molecule has 2 N–H and O–H groups in total. The highest BCUT2D eigenvalue weighted by atomic mass is 16.5. The number of nitrogens with two attached hydrogens (primary N) is 1. The molecule has 0 aliphatic carbocycles. The molecule has 0 spiro atoms. The van der Waals surface area contributed by atoms with Gasteiger partial charge in [0.15, 0.2) is 0 Å². The van der Waals surface area contributed by atoms with Gasteiger partial charge < -0.3 is 15.2 Å². The van der Waals surface area contributed by atoms with E-state index in [2.05, 4.69) is 32.0 Å². The van der Waals surface area contributed by atoms with Gasteiger partial charge in [-0.05, 0) is 38.8 Å². The van der Waals surface area contributed by atoms with Gasteiger partial charge in [-0.3, -0.25) is 0 Å². The smallest absolute Gasteiger partial charge is 0.0718 e. The van der Waals surface area contributed by atoms with Crippen LogP contribution in [-0.4, -0.2) is 26.4 Å². The second-order valence-electron chi connectivity index (χ2n) is 5.36. The van der Waals surface area contributed by atoms with Crippen LogP contribution < -0.4 is 5.73 Å². The van der Waals surface area contributed by atoms with Gasteiger partial charge in [0.1, 0.15) is 0 Å². The molecule has 0 aromatic heterocycles. The number of aryl methyl sites for hydroxylation is 2. The molecule has 0 fully saturated rings. The summed E-state index contributed by atoms with van der Waals surface area (Å²) in [4.78, 5) is 0. The Morgan fingerprint density at radius 3 is 2.15 bits per heavy atom. The Hall–Kier alpha value is -0.900. The van der Waals surface area contributed by atoms with E-state index < -0.39 is 0 Å². The van der Waals surface area contributed by atoms with E-state index in [4.69, 9.17) is 15.2 Å². The summed E-state index contributed by atoms with van der Waals surface area (Å²) in [5.74, 6) is 0. The zero-order valence-electron chi connectivity index (χ0n) is 13.0. The van der Waals surface area contributed by atoms with Crippen LogP contribution in [0.15, 0.2) is 18.2 Å². The van der Waals surface area contributed by atoms with E-state index in [1.165, 1.54) is 29.5 Å². The summed E-state index contributed by atoms with van der Waals surface area (Å²) in [6.07, 6.45) is 4.67. The maximum absolute atomic E-state index is 5.63. The lowest BCUT2D eigenvalue weighted by Gasteiger charge is -2.07. The number of rotatable bonds is 11. The molecule has 0 atom stereocenters. The fraction of sp³-hybridized carbons (Fsp3) is 0.647. The van der Waals surface area contributed by atoms with E-state index >= 15 is 0 Å². The molecular formula is C17H29NO2. The molecule has 0 heterocycles. The van der Waals surface area contributed by atoms with E-state index in [9.17, 15) is 0 Å². The third-order valence-corrected chi connectivity index (χ3v) is 3.17. The second-order valence-corrected chi connectivity index (χ2v) is 5.36. The average Bonchev–Trinajstić information content (AvgIpc) is 2.40. The third kappa shape index (κ3) is 8.31. The van der Waals surface area contributed by atoms with Crippen LogP contribution in [0.3, 0.4) is 0 Å². The Morgan fingerprint density at radius 1 is 0.800 bits per heavy atom. The van der Waals surface area contributed by atoms with Crippen molar-refractivity contribution in [1.82, 2.24) is 0 Å². The van der Waals surface area contributed by atoms with Crippen molar-refractivity contribution in [1.29, 1.82) is 0 Å². The van der Waals surface area contributed by atoms with Gasteiger partial charge >= 0.3 is 0 Å². The molecule has 3 heteroatoms. The average molecular weight is 279 g/mol. The van der Waals surface area contributed by atoms with Gasteiger partial charge in [0, 0.05) is 6.61 Å². The molecule has 0 saturated carbocycles. The van der Waals surface area contributed by atoms with Crippen LogP contribution in [0.1, 0.15) is 42.4 Å². The van der Waals surface area contributed by atoms with E-state index in [0.29, 0.717) is 19.8 Å². The van der Waals surface area contributed by atoms with Crippen molar-refractivity contribution in [3.05, 3.63) is 34.9 Å². The fourth-order valence-corrected chi connectivity index (χ4v) is 2.26. The second kappa shape index (κ2) is 10.8. The Morgan fingerprint density at radius 2 is 1.45 bits per heavy atom. The Kier molecular flexibility index (Phi) is 9.29. The van der Waals surface area contributed by atoms with Crippen LogP contribution in [0.4, 0.5) is 0 Å². The first-order chi connectivity index (χ1) is 9.72. The van der Waals surface area contributed by atoms with Gasteiger partial charge in [0.25, 0.3) is 0 Å². The number of ether oxygens (including phenoxy) is 2. The summed E-state index contributed by atoms with van der Waals surface area (Å²) in [7, 11) is 0. The van der Waals surface area contributed by atoms with Crippen LogP contribution >= 0.6 is 0 Å². The number of benzene rings is 1. The highest BCUT2D eigenvalue weighted by molar-refractivity contribution is 5.27. The zero-order valence-corrected chi connectivity index (χ0v) is 13.0. The van der Waals surface area contributed by atoms with E-state index in [1.807, 2.05) is 0 Å². The largest absolute Gasteiger partial charge is 0.379 e. The molecule has 1 rings (SSSR count). The lowest BCUT2D eigenvalue weighted by molar-refractivity contribution is 0.0392. The molecule has 0 unspecified atom stereocenters. The Balaban J connectivity index is 1.97. The predicted molar refractivity (Wildman–Crippen MR) is 83.9 cm³/mol. The normalized spacial score (nSPS) is 10.9. The van der Waals surface area contributed by atoms with Crippen molar-refractivity contribution in [3.8, 4) is 0 Å². The number of hydrogen-bond donors (Lipinski definition) is 1. The maximum Gasteiger partial charge on any atom is 0.0718 e. The standard InChI is InChI=1S/C17H29NO2/c1-15-11-16(2)13-17(12-15)14-20-10-9-19-8-6-4-3-5-7-18/h11-13H,3-10,14,18H2,1-2H3. The monoisotopic (exact) mass is 279 g/mol. The van der Waals surface area contributed by atoms with Gasteiger partial charge in [0.05, 0.1) is 19.8 Å². The molecule has 0 amide bonds. The van der Waals surface area contributed by atoms with Crippen molar-refractivity contribution in [2.24, 2.45) is 5.73 Å². The highest BCUT2D eigenvalue weighted by Gasteiger charge is 1.97. The summed E-state index contributed by atoms with van der Waals surface area (Å²) < 4.78 is 11.2. The van der Waals surface area contributed by atoms with Crippen LogP contribution in [0.2, 0.25) is 0 Å². The molecule has 1 aromatic rings. The molecule has 3 nitrogen and oxygen atoms in total. The Bertz CT molecular complexity index is 346. The molecule has 0 aliphatic heterocycles. The lowest BCUT2D eigenvalue weighted by Crippen LogP contribution is -2.06. The van der Waals surface area contributed by atoms with Gasteiger partial charge in [-0.25, -0.2) is 0 Å². The summed E-state index contributed by atoms with van der Waals surface area (Å²) in [6, 6.07) is 6.52. The van der Waals surface area contributed by atoms with Gasteiger partial charge in [-0.2, -0.15) is 0 Å². The molecule has 0 saturated heterocycles. The maximum atomic E-state index is 5.63. The summed E-state index contributed by atoms with van der Waals surface area (Å²) >= 11 is 0. The van der Waals surface area contributed by atoms with E-state index in [-0.39, 0.29) is 0 Å². The topological polar surface area (TPSA) is 44.5 Å². The molecule has 1 aromatic carbocycles. The van der Waals surface area contributed by atoms with Crippen LogP contribution in [0.5, 0.6) is 0 Å². The number of unbranched alkanes of at least 4 members (excludes halogenated alkanes) is 3. The lowest BCUT2D eigenvalue weighted by atomic mass is 10.1. The van der Waals surface area contributed by atoms with Crippen molar-refractivity contribution in [2.75, 3.05) is 26.4 Å². The van der Waals surface area contributed by atoms with Crippen LogP contribution in [0.25, 0.3) is 0 Å². The van der Waals surface area contributed by atoms with E-state index in [0.717, 1.165) is 26.0 Å². The SMILES string of the molecule is Cc1cc(C)cc(COCCOCCCCCCN)c1. The molecule has 20 heavy (non-hydrogen) atoms. The van der Waals surface area contributed by atoms with E-state index in [1.54, 1.807) is 0 Å². The first-order valence-corrected chi connectivity index (χ1v) is 7.65. The summed E-state index contributed by atoms with van der Waals surface area (Å²) in [6.45, 7) is 7.87. The van der Waals surface area contributed by atoms with Gasteiger partial charge in [-0.15, -0.1) is 0 Å². The van der Waals surface area contributed by atoms with Crippen molar-refractivity contribution in [3.63, 3.8) is 0 Å². The van der Waals surface area contributed by atoms with Crippen LogP contribution in [-0.2, 0) is 16.1 Å². The van der Waals surface area contributed by atoms with Crippen molar-refractivity contribution < 1.29 is 9.47 Å². The van der Waals surface area contributed by atoms with Crippen LogP contribution in [0, 0.1) is 13.8 Å². The first-order valence-electron chi connectivity index (χ1n) is 7.65. The molecule has 114 valence electrons. The summed E-state index contributed by atoms with van der Waals surface area (Å²) in [5.41, 5.74) is 9.26. The fourth-order valence-electron chi connectivity index (χ4n) is 2.26. The predicted octanol–water partition coefficient (Wildman–Crippen LogP) is 3.36. The van der Waals surface area contributed by atoms with Gasteiger partial charge in [-0.1, -0.05) is 42.2 Å². The number of hydrogen-bond acceptors (Lipinski definition) is 3. The highest BCUT2D eigenvalue weighted by Crippen LogP contribution is 2.09. The molecule has 0 radical (unpaired) electrons. The minimum absolute atomic E-state index is 0.662. The minimum atomic E-state index is 0.662. The minimum Gasteiger partial charge on any atom is -0.379 e. The molecule has 0 bridgehead atoms. The van der Waals surface area contributed by atoms with Crippen molar-refractivity contribution >= 4 is 0 Å². The third-order valence-electron chi connectivity index (χ3n) is 3.17. The summed E-state index contributed by atoms with van der Waals surface area (Å²) in [5, 5.41) is 0. The first kappa shape index (κ1) is 17.2.